The molecular weight excluding hydrogens is 230 g/mol. The highest BCUT2D eigenvalue weighted by atomic mass is 16.2. The first-order valence-corrected chi connectivity index (χ1v) is 6.78. The second kappa shape index (κ2) is 6.73. The molecule has 18 heavy (non-hydrogen) atoms. The maximum atomic E-state index is 12.2. The molecule has 104 valence electrons. The summed E-state index contributed by atoms with van der Waals surface area (Å²) in [6.07, 6.45) is 5.25. The Morgan fingerprint density at radius 2 is 1.94 bits per heavy atom. The van der Waals surface area contributed by atoms with Crippen molar-refractivity contribution in [2.45, 2.75) is 51.0 Å². The first-order chi connectivity index (χ1) is 8.50. The van der Waals surface area contributed by atoms with E-state index in [-0.39, 0.29) is 23.9 Å². The molecule has 3 N–H and O–H groups in total. The average Bonchev–Trinajstić information content (AvgIpc) is 2.74. The molecule has 1 saturated carbocycles. The number of rotatable bonds is 6. The Bertz CT molecular complexity index is 299. The highest BCUT2D eigenvalue weighted by Gasteiger charge is 2.33. The highest BCUT2D eigenvalue weighted by molar-refractivity contribution is 5.85. The number of hydrogen-bond acceptors (Lipinski definition) is 3. The molecule has 1 aliphatic rings. The van der Waals surface area contributed by atoms with E-state index in [4.69, 9.17) is 5.73 Å². The van der Waals surface area contributed by atoms with Gasteiger partial charge in [0.25, 0.3) is 0 Å². The number of amides is 2. The van der Waals surface area contributed by atoms with E-state index in [1.165, 1.54) is 0 Å². The molecule has 0 heterocycles. The van der Waals surface area contributed by atoms with Crippen LogP contribution >= 0.6 is 0 Å². The van der Waals surface area contributed by atoms with Gasteiger partial charge in [0.05, 0.1) is 6.54 Å². The van der Waals surface area contributed by atoms with Crippen LogP contribution in [0.15, 0.2) is 0 Å². The van der Waals surface area contributed by atoms with E-state index in [0.29, 0.717) is 13.0 Å². The summed E-state index contributed by atoms with van der Waals surface area (Å²) in [6.45, 7) is 2.75. The largest absolute Gasteiger partial charge is 0.358 e. The monoisotopic (exact) mass is 255 g/mol. The van der Waals surface area contributed by atoms with Crippen molar-refractivity contribution in [2.75, 3.05) is 20.1 Å². The third kappa shape index (κ3) is 4.29. The van der Waals surface area contributed by atoms with Gasteiger partial charge in [0, 0.05) is 25.6 Å². The van der Waals surface area contributed by atoms with Crippen LogP contribution in [-0.4, -0.2) is 42.4 Å². The average molecular weight is 255 g/mol. The summed E-state index contributed by atoms with van der Waals surface area (Å²) < 4.78 is 0. The Morgan fingerprint density at radius 3 is 2.44 bits per heavy atom. The van der Waals surface area contributed by atoms with Gasteiger partial charge in [-0.3, -0.25) is 9.59 Å². The van der Waals surface area contributed by atoms with Gasteiger partial charge in [-0.15, -0.1) is 0 Å². The summed E-state index contributed by atoms with van der Waals surface area (Å²) in [5, 5.41) is 2.55. The number of nitrogens with one attached hydrogen (secondary N) is 1. The van der Waals surface area contributed by atoms with E-state index in [2.05, 4.69) is 5.32 Å². The molecular formula is C13H25N3O2. The van der Waals surface area contributed by atoms with Gasteiger partial charge in [-0.05, 0) is 19.3 Å². The molecule has 0 radical (unpaired) electrons. The zero-order valence-electron chi connectivity index (χ0n) is 11.5. The Balaban J connectivity index is 2.55. The minimum atomic E-state index is -0.342. The molecule has 0 spiro atoms. The van der Waals surface area contributed by atoms with Crippen LogP contribution in [0.2, 0.25) is 0 Å². The van der Waals surface area contributed by atoms with E-state index < -0.39 is 0 Å². The third-order valence-electron chi connectivity index (χ3n) is 3.56. The lowest BCUT2D eigenvalue weighted by Crippen LogP contribution is -2.46. The van der Waals surface area contributed by atoms with Crippen LogP contribution < -0.4 is 11.1 Å². The van der Waals surface area contributed by atoms with E-state index >= 15 is 0 Å². The van der Waals surface area contributed by atoms with E-state index in [0.717, 1.165) is 32.1 Å². The van der Waals surface area contributed by atoms with Crippen molar-refractivity contribution >= 4 is 11.8 Å². The summed E-state index contributed by atoms with van der Waals surface area (Å²) in [4.78, 5) is 25.2. The fourth-order valence-corrected chi connectivity index (χ4v) is 2.48. The highest BCUT2D eigenvalue weighted by Crippen LogP contribution is 2.30. The van der Waals surface area contributed by atoms with Crippen molar-refractivity contribution in [3.05, 3.63) is 0 Å². The van der Waals surface area contributed by atoms with Crippen LogP contribution in [-0.2, 0) is 9.59 Å². The first kappa shape index (κ1) is 15.0. The van der Waals surface area contributed by atoms with Gasteiger partial charge in [0.2, 0.25) is 11.8 Å². The minimum absolute atomic E-state index is 0.00449. The Labute approximate surface area is 109 Å². The molecule has 5 heteroatoms. The van der Waals surface area contributed by atoms with Crippen molar-refractivity contribution in [3.63, 3.8) is 0 Å². The van der Waals surface area contributed by atoms with E-state index in [1.54, 1.807) is 11.9 Å². The summed E-state index contributed by atoms with van der Waals surface area (Å²) in [7, 11) is 1.58. The summed E-state index contributed by atoms with van der Waals surface area (Å²) in [5.41, 5.74) is 5.87. The zero-order valence-corrected chi connectivity index (χ0v) is 11.5. The Morgan fingerprint density at radius 1 is 1.33 bits per heavy atom. The van der Waals surface area contributed by atoms with Crippen LogP contribution in [0.25, 0.3) is 0 Å². The number of hydrogen-bond donors (Lipinski definition) is 2. The molecule has 1 fully saturated rings. The van der Waals surface area contributed by atoms with Gasteiger partial charge in [-0.1, -0.05) is 19.8 Å². The number of nitrogens with two attached hydrogens (primary N) is 1. The van der Waals surface area contributed by atoms with Crippen LogP contribution in [0, 0.1) is 0 Å². The standard InChI is InChI=1S/C13H25N3O2/c1-3-8-16(10-11(17)15-2)12(18)9-13(14)6-4-5-7-13/h3-10,14H2,1-2H3,(H,15,17). The van der Waals surface area contributed by atoms with Crippen molar-refractivity contribution in [1.82, 2.24) is 10.2 Å². The van der Waals surface area contributed by atoms with Crippen LogP contribution in [0.1, 0.15) is 45.4 Å². The molecule has 0 aromatic rings. The lowest BCUT2D eigenvalue weighted by atomic mass is 9.94. The fraction of sp³-hybridized carbons (Fsp3) is 0.846. The normalized spacial score (nSPS) is 17.5. The van der Waals surface area contributed by atoms with Gasteiger partial charge in [-0.2, -0.15) is 0 Å². The topological polar surface area (TPSA) is 75.4 Å². The van der Waals surface area contributed by atoms with Crippen molar-refractivity contribution in [3.8, 4) is 0 Å². The van der Waals surface area contributed by atoms with Crippen molar-refractivity contribution in [1.29, 1.82) is 0 Å². The van der Waals surface area contributed by atoms with E-state index in [9.17, 15) is 9.59 Å². The number of nitrogens with zero attached hydrogens (tertiary/aromatic N) is 1. The van der Waals surface area contributed by atoms with Gasteiger partial charge < -0.3 is 16.0 Å². The summed E-state index contributed by atoms with van der Waals surface area (Å²) in [5.74, 6) is -0.126. The quantitative estimate of drug-likeness (QED) is 0.731. The molecule has 0 saturated heterocycles. The third-order valence-corrected chi connectivity index (χ3v) is 3.56. The first-order valence-electron chi connectivity index (χ1n) is 6.78. The molecule has 5 nitrogen and oxygen atoms in total. The van der Waals surface area contributed by atoms with Gasteiger partial charge >= 0.3 is 0 Å². The van der Waals surface area contributed by atoms with E-state index in [1.807, 2.05) is 6.92 Å². The number of likely N-dealkylation sites (N-methyl/N-ethyl adjacent to an activating group) is 1. The Kier molecular flexibility index (Phi) is 5.59. The van der Waals surface area contributed by atoms with Gasteiger partial charge in [0.1, 0.15) is 0 Å². The minimum Gasteiger partial charge on any atom is -0.358 e. The van der Waals surface area contributed by atoms with Crippen molar-refractivity contribution in [2.24, 2.45) is 5.73 Å². The molecule has 1 aliphatic carbocycles. The predicted octanol–water partition coefficient (Wildman–Crippen LogP) is 0.633. The predicted molar refractivity (Wildman–Crippen MR) is 70.9 cm³/mol. The lowest BCUT2D eigenvalue weighted by molar-refractivity contribution is -0.137. The molecule has 1 rings (SSSR count). The number of carbonyl (C=O) groups is 2. The second-order valence-electron chi connectivity index (χ2n) is 5.23. The molecule has 0 bridgehead atoms. The second-order valence-corrected chi connectivity index (χ2v) is 5.23. The number of carbonyl (C=O) groups excluding carboxylic acids is 2. The summed E-state index contributed by atoms with van der Waals surface area (Å²) in [6, 6.07) is 0. The Hall–Kier alpha value is -1.10. The zero-order chi connectivity index (χ0) is 13.6. The summed E-state index contributed by atoms with van der Waals surface area (Å²) >= 11 is 0. The molecule has 0 atom stereocenters. The SMILES string of the molecule is CCCN(CC(=O)NC)C(=O)CC1(N)CCCC1. The van der Waals surface area contributed by atoms with Crippen LogP contribution in [0.3, 0.4) is 0 Å². The van der Waals surface area contributed by atoms with Crippen molar-refractivity contribution < 1.29 is 9.59 Å². The smallest absolute Gasteiger partial charge is 0.239 e. The maximum Gasteiger partial charge on any atom is 0.239 e. The van der Waals surface area contributed by atoms with Crippen LogP contribution in [0.4, 0.5) is 0 Å². The molecule has 0 aromatic carbocycles. The van der Waals surface area contributed by atoms with Gasteiger partial charge in [-0.25, -0.2) is 0 Å². The molecule has 0 aliphatic heterocycles. The maximum absolute atomic E-state index is 12.2. The van der Waals surface area contributed by atoms with Crippen LogP contribution in [0.5, 0.6) is 0 Å². The van der Waals surface area contributed by atoms with Gasteiger partial charge in [0.15, 0.2) is 0 Å². The lowest BCUT2D eigenvalue weighted by Gasteiger charge is -2.28. The molecule has 0 aromatic heterocycles. The molecule has 0 unspecified atom stereocenters. The fourth-order valence-electron chi connectivity index (χ4n) is 2.48. The molecule has 2 amide bonds.